The summed E-state index contributed by atoms with van der Waals surface area (Å²) < 4.78 is 5.66. The number of aliphatic hydroxyl groups is 1. The first-order chi connectivity index (χ1) is 9.22. The highest BCUT2D eigenvalue weighted by atomic mass is 16.5. The molecule has 2 nitrogen and oxygen atoms in total. The van der Waals surface area contributed by atoms with Crippen LogP contribution in [0.25, 0.3) is 0 Å². The van der Waals surface area contributed by atoms with Crippen LogP contribution in [0.2, 0.25) is 0 Å². The lowest BCUT2D eigenvalue weighted by atomic mass is 10.1. The monoisotopic (exact) mass is 260 g/mol. The van der Waals surface area contributed by atoms with E-state index >= 15 is 0 Å². The summed E-state index contributed by atoms with van der Waals surface area (Å²) in [5.74, 6) is 6.71. The molecule has 104 valence electrons. The molecule has 1 aromatic rings. The minimum Gasteiger partial charge on any atom is -0.395 e. The van der Waals surface area contributed by atoms with Gasteiger partial charge in [0.25, 0.3) is 0 Å². The van der Waals surface area contributed by atoms with Crippen LogP contribution in [0.3, 0.4) is 0 Å². The number of aliphatic hydroxyl groups excluding tert-OH is 1. The largest absolute Gasteiger partial charge is 0.395 e. The standard InChI is InChI=1S/C17H24O2/c1-15(2)7-6-12-19-14-17-10-5-9-16(13-17)8-3-4-11-18/h5,9-10,13,15,18H,4,6-7,11-12,14H2,1-2H3. The maximum Gasteiger partial charge on any atom is 0.0717 e. The molecule has 2 heteroatoms. The first-order valence-corrected chi connectivity index (χ1v) is 6.99. The van der Waals surface area contributed by atoms with Gasteiger partial charge >= 0.3 is 0 Å². The highest BCUT2D eigenvalue weighted by molar-refractivity contribution is 5.36. The lowest BCUT2D eigenvalue weighted by Gasteiger charge is -2.06. The lowest BCUT2D eigenvalue weighted by molar-refractivity contribution is 0.115. The van der Waals surface area contributed by atoms with Crippen molar-refractivity contribution in [3.05, 3.63) is 35.4 Å². The molecule has 0 aliphatic rings. The van der Waals surface area contributed by atoms with Crippen molar-refractivity contribution in [1.82, 2.24) is 0 Å². The van der Waals surface area contributed by atoms with Crippen molar-refractivity contribution in [2.75, 3.05) is 13.2 Å². The van der Waals surface area contributed by atoms with Crippen molar-refractivity contribution < 1.29 is 9.84 Å². The van der Waals surface area contributed by atoms with Gasteiger partial charge in [0.05, 0.1) is 13.2 Å². The van der Waals surface area contributed by atoms with Crippen LogP contribution in [0, 0.1) is 17.8 Å². The number of rotatable bonds is 7. The Kier molecular flexibility index (Phi) is 7.97. The quantitative estimate of drug-likeness (QED) is 0.601. The van der Waals surface area contributed by atoms with E-state index in [0.29, 0.717) is 13.0 Å². The second-order valence-electron chi connectivity index (χ2n) is 5.06. The van der Waals surface area contributed by atoms with Crippen LogP contribution >= 0.6 is 0 Å². The third-order valence-corrected chi connectivity index (χ3v) is 2.74. The molecular formula is C17H24O2. The molecular weight excluding hydrogens is 236 g/mol. The van der Waals surface area contributed by atoms with Crippen LogP contribution in [0.15, 0.2) is 24.3 Å². The molecule has 19 heavy (non-hydrogen) atoms. The van der Waals surface area contributed by atoms with Gasteiger partial charge in [-0.2, -0.15) is 0 Å². The van der Waals surface area contributed by atoms with Gasteiger partial charge in [-0.1, -0.05) is 37.8 Å². The van der Waals surface area contributed by atoms with E-state index in [2.05, 4.69) is 31.8 Å². The number of benzene rings is 1. The van der Waals surface area contributed by atoms with Crippen LogP contribution in [0.5, 0.6) is 0 Å². The highest BCUT2D eigenvalue weighted by Gasteiger charge is 1.97. The number of hydrogen-bond acceptors (Lipinski definition) is 2. The Bertz CT molecular complexity index is 413. The predicted octanol–water partition coefficient (Wildman–Crippen LogP) is 3.37. The van der Waals surface area contributed by atoms with Crippen LogP contribution in [-0.4, -0.2) is 18.3 Å². The molecule has 0 amide bonds. The minimum absolute atomic E-state index is 0.117. The molecule has 1 aromatic carbocycles. The van der Waals surface area contributed by atoms with Gasteiger partial charge in [-0.05, 0) is 36.5 Å². The third kappa shape index (κ3) is 7.66. The van der Waals surface area contributed by atoms with Gasteiger partial charge < -0.3 is 9.84 Å². The van der Waals surface area contributed by atoms with E-state index < -0.39 is 0 Å². The van der Waals surface area contributed by atoms with Gasteiger partial charge in [-0.25, -0.2) is 0 Å². The van der Waals surface area contributed by atoms with Crippen molar-refractivity contribution in [3.8, 4) is 11.8 Å². The first kappa shape index (κ1) is 15.8. The van der Waals surface area contributed by atoms with Crippen molar-refractivity contribution in [3.63, 3.8) is 0 Å². The van der Waals surface area contributed by atoms with Gasteiger partial charge in [0.2, 0.25) is 0 Å². The van der Waals surface area contributed by atoms with Crippen molar-refractivity contribution in [2.24, 2.45) is 5.92 Å². The Morgan fingerprint density at radius 3 is 2.89 bits per heavy atom. The van der Waals surface area contributed by atoms with E-state index in [1.165, 1.54) is 6.42 Å². The summed E-state index contributed by atoms with van der Waals surface area (Å²) in [6, 6.07) is 8.08. The molecule has 0 atom stereocenters. The second-order valence-corrected chi connectivity index (χ2v) is 5.06. The van der Waals surface area contributed by atoms with Crippen LogP contribution in [0.1, 0.15) is 44.2 Å². The zero-order chi connectivity index (χ0) is 13.9. The molecule has 1 N–H and O–H groups in total. The third-order valence-electron chi connectivity index (χ3n) is 2.74. The zero-order valence-electron chi connectivity index (χ0n) is 12.0. The Morgan fingerprint density at radius 1 is 1.32 bits per heavy atom. The Labute approximate surface area is 116 Å². The minimum atomic E-state index is 0.117. The molecule has 0 radical (unpaired) electrons. The van der Waals surface area contributed by atoms with E-state index in [-0.39, 0.29) is 6.61 Å². The molecule has 0 aromatic heterocycles. The molecule has 0 unspecified atom stereocenters. The van der Waals surface area contributed by atoms with E-state index in [0.717, 1.165) is 30.1 Å². The van der Waals surface area contributed by atoms with Gasteiger partial charge in [0, 0.05) is 18.6 Å². The van der Waals surface area contributed by atoms with Crippen molar-refractivity contribution >= 4 is 0 Å². The fourth-order valence-electron chi connectivity index (χ4n) is 1.74. The maximum atomic E-state index is 8.68. The molecule has 0 aliphatic heterocycles. The summed E-state index contributed by atoms with van der Waals surface area (Å²) in [6.07, 6.45) is 2.86. The van der Waals surface area contributed by atoms with E-state index in [1.807, 2.05) is 18.2 Å². The Balaban J connectivity index is 2.34. The summed E-state index contributed by atoms with van der Waals surface area (Å²) in [4.78, 5) is 0. The topological polar surface area (TPSA) is 29.5 Å². The second kappa shape index (κ2) is 9.61. The summed E-state index contributed by atoms with van der Waals surface area (Å²) >= 11 is 0. The highest BCUT2D eigenvalue weighted by Crippen LogP contribution is 2.08. The number of ether oxygens (including phenoxy) is 1. The molecule has 0 fully saturated rings. The van der Waals surface area contributed by atoms with Crippen LogP contribution < -0.4 is 0 Å². The van der Waals surface area contributed by atoms with Gasteiger partial charge in [-0.3, -0.25) is 0 Å². The molecule has 0 heterocycles. The smallest absolute Gasteiger partial charge is 0.0717 e. The summed E-state index contributed by atoms with van der Waals surface area (Å²) in [7, 11) is 0. The molecule has 0 saturated heterocycles. The van der Waals surface area contributed by atoms with Crippen LogP contribution in [0.4, 0.5) is 0 Å². The van der Waals surface area contributed by atoms with Crippen molar-refractivity contribution in [1.29, 1.82) is 0 Å². The molecule has 1 rings (SSSR count). The first-order valence-electron chi connectivity index (χ1n) is 6.99. The molecule has 0 bridgehead atoms. The van der Waals surface area contributed by atoms with Gasteiger partial charge in [-0.15, -0.1) is 0 Å². The maximum absolute atomic E-state index is 8.68. The average Bonchev–Trinajstić information content (AvgIpc) is 2.39. The Hall–Kier alpha value is -1.30. The molecule has 0 aliphatic carbocycles. The predicted molar refractivity (Wildman–Crippen MR) is 78.8 cm³/mol. The summed E-state index contributed by atoms with van der Waals surface area (Å²) in [5.41, 5.74) is 2.14. The van der Waals surface area contributed by atoms with Gasteiger partial charge in [0.15, 0.2) is 0 Å². The SMILES string of the molecule is CC(C)CCCOCc1cccc(C#CCCO)c1. The van der Waals surface area contributed by atoms with Gasteiger partial charge in [0.1, 0.15) is 0 Å². The summed E-state index contributed by atoms with van der Waals surface area (Å²) in [5, 5.41) is 8.68. The fourth-order valence-corrected chi connectivity index (χ4v) is 1.74. The average molecular weight is 260 g/mol. The van der Waals surface area contributed by atoms with E-state index in [9.17, 15) is 0 Å². The Morgan fingerprint density at radius 2 is 2.16 bits per heavy atom. The summed E-state index contributed by atoms with van der Waals surface area (Å²) in [6.45, 7) is 6.04. The lowest BCUT2D eigenvalue weighted by Crippen LogP contribution is -1.98. The van der Waals surface area contributed by atoms with Crippen LogP contribution in [-0.2, 0) is 11.3 Å². The fraction of sp³-hybridized carbons (Fsp3) is 0.529. The normalized spacial score (nSPS) is 10.3. The van der Waals surface area contributed by atoms with E-state index in [1.54, 1.807) is 0 Å². The molecule has 0 spiro atoms. The molecule has 0 saturated carbocycles. The number of hydrogen-bond donors (Lipinski definition) is 1. The van der Waals surface area contributed by atoms with E-state index in [4.69, 9.17) is 9.84 Å². The van der Waals surface area contributed by atoms with Crippen molar-refractivity contribution in [2.45, 2.75) is 39.7 Å². The zero-order valence-corrected chi connectivity index (χ0v) is 12.0.